The molecule has 1 aliphatic carbocycles. The molecule has 1 aromatic heterocycles. The van der Waals surface area contributed by atoms with Crippen LogP contribution in [0.15, 0.2) is 29.2 Å². The topological polar surface area (TPSA) is 82.2 Å². The highest BCUT2D eigenvalue weighted by molar-refractivity contribution is 7.89. The minimum atomic E-state index is -3.85. The molecule has 1 fully saturated rings. The van der Waals surface area contributed by atoms with E-state index in [0.717, 1.165) is 41.8 Å². The zero-order valence-corrected chi connectivity index (χ0v) is 22.8. The zero-order valence-electron chi connectivity index (χ0n) is 22.0. The molecule has 0 radical (unpaired) electrons. The number of hydrogen-bond donors (Lipinski definition) is 1. The van der Waals surface area contributed by atoms with Gasteiger partial charge in [-0.25, -0.2) is 13.6 Å². The summed E-state index contributed by atoms with van der Waals surface area (Å²) in [7, 11) is -3.85. The summed E-state index contributed by atoms with van der Waals surface area (Å²) < 4.78 is 27.0. The average Bonchev–Trinajstić information content (AvgIpc) is 3.09. The van der Waals surface area contributed by atoms with Gasteiger partial charge in [-0.1, -0.05) is 53.0 Å². The monoisotopic (exact) mass is 486 g/mol. The first-order valence-corrected chi connectivity index (χ1v) is 14.1. The van der Waals surface area contributed by atoms with Gasteiger partial charge < -0.3 is 4.57 Å². The first-order valence-electron chi connectivity index (χ1n) is 12.6. The Hall–Kier alpha value is -1.92. The average molecular weight is 487 g/mol. The molecule has 0 amide bonds. The number of nitrogens with two attached hydrogens (primary N) is 1. The Bertz CT molecular complexity index is 1160. The molecule has 1 saturated carbocycles. The van der Waals surface area contributed by atoms with Gasteiger partial charge in [0.25, 0.3) is 0 Å². The minimum Gasteiger partial charge on any atom is -0.343 e. The Morgan fingerprint density at radius 1 is 1.00 bits per heavy atom. The molecule has 1 heterocycles. The summed E-state index contributed by atoms with van der Waals surface area (Å²) in [5, 5.41) is 5.62. The van der Waals surface area contributed by atoms with Crippen molar-refractivity contribution in [3.8, 4) is 11.3 Å². The highest BCUT2D eigenvalue weighted by atomic mass is 32.2. The van der Waals surface area contributed by atoms with Crippen LogP contribution in [-0.4, -0.2) is 18.8 Å². The first kappa shape index (κ1) is 26.7. The van der Waals surface area contributed by atoms with E-state index in [2.05, 4.69) is 43.5 Å². The van der Waals surface area contributed by atoms with Crippen LogP contribution in [0.5, 0.6) is 0 Å². The van der Waals surface area contributed by atoms with E-state index in [1.54, 1.807) is 6.07 Å². The van der Waals surface area contributed by atoms with Crippen molar-refractivity contribution < 1.29 is 13.2 Å². The predicted octanol–water partition coefficient (Wildman–Crippen LogP) is 6.25. The third-order valence-electron chi connectivity index (χ3n) is 7.63. The molecule has 0 bridgehead atoms. The van der Waals surface area contributed by atoms with Gasteiger partial charge in [0, 0.05) is 29.8 Å². The lowest BCUT2D eigenvalue weighted by Crippen LogP contribution is -2.29. The van der Waals surface area contributed by atoms with E-state index in [0.29, 0.717) is 18.0 Å². The molecule has 34 heavy (non-hydrogen) atoms. The van der Waals surface area contributed by atoms with Gasteiger partial charge in [-0.3, -0.25) is 4.79 Å². The maximum Gasteiger partial charge on any atom is 0.239 e. The molecule has 188 valence electrons. The number of benzene rings is 1. The molecule has 5 nitrogen and oxygen atoms in total. The molecule has 1 aliphatic rings. The fraction of sp³-hybridized carbons (Fsp3) is 0.607. The van der Waals surface area contributed by atoms with Gasteiger partial charge in [0.05, 0.1) is 0 Å². The molecule has 0 aliphatic heterocycles. The molecule has 1 aromatic carbocycles. The number of sulfonamides is 1. The van der Waals surface area contributed by atoms with Crippen molar-refractivity contribution in [2.24, 2.45) is 11.1 Å². The number of carbonyl (C=O) groups excluding carboxylic acids is 1. The van der Waals surface area contributed by atoms with Crippen LogP contribution in [-0.2, 0) is 32.2 Å². The van der Waals surface area contributed by atoms with Crippen molar-refractivity contribution in [2.75, 3.05) is 0 Å². The Morgan fingerprint density at radius 3 is 2.12 bits per heavy atom. The van der Waals surface area contributed by atoms with Crippen molar-refractivity contribution in [2.45, 2.75) is 109 Å². The van der Waals surface area contributed by atoms with Crippen LogP contribution in [0.25, 0.3) is 11.3 Å². The summed E-state index contributed by atoms with van der Waals surface area (Å²) in [6.45, 7) is 15.0. The number of carbonyl (C=O) groups is 1. The van der Waals surface area contributed by atoms with Gasteiger partial charge in [0.2, 0.25) is 10.0 Å². The second-order valence-electron chi connectivity index (χ2n) is 11.6. The summed E-state index contributed by atoms with van der Waals surface area (Å²) in [4.78, 5) is 13.0. The van der Waals surface area contributed by atoms with E-state index < -0.39 is 15.4 Å². The van der Waals surface area contributed by atoms with E-state index in [4.69, 9.17) is 5.14 Å². The highest BCUT2D eigenvalue weighted by Crippen LogP contribution is 2.38. The predicted molar refractivity (Wildman–Crippen MR) is 140 cm³/mol. The molecule has 0 spiro atoms. The maximum absolute atomic E-state index is 12.9. The first-order chi connectivity index (χ1) is 15.7. The number of ketones is 1. The molecule has 6 heteroatoms. The lowest BCUT2D eigenvalue weighted by atomic mass is 9.75. The molecule has 2 N–H and O–H groups in total. The number of rotatable bonds is 7. The van der Waals surface area contributed by atoms with Crippen LogP contribution in [0, 0.1) is 12.8 Å². The summed E-state index contributed by atoms with van der Waals surface area (Å²) >= 11 is 0. The van der Waals surface area contributed by atoms with E-state index in [-0.39, 0.29) is 16.1 Å². The van der Waals surface area contributed by atoms with Crippen LogP contribution in [0.2, 0.25) is 0 Å². The maximum atomic E-state index is 12.9. The number of nitrogens with zero attached hydrogens (tertiary/aromatic N) is 1. The summed E-state index contributed by atoms with van der Waals surface area (Å²) in [6, 6.07) is 8.09. The van der Waals surface area contributed by atoms with Crippen molar-refractivity contribution in [3.63, 3.8) is 0 Å². The van der Waals surface area contributed by atoms with Crippen LogP contribution in [0.1, 0.15) is 96.9 Å². The quantitative estimate of drug-likeness (QED) is 0.502. The van der Waals surface area contributed by atoms with Crippen LogP contribution in [0.3, 0.4) is 0 Å². The third-order valence-corrected chi connectivity index (χ3v) is 8.65. The number of Topliss-reactive ketones (excluding diaryl/α,β-unsaturated/α-hetero) is 1. The fourth-order valence-electron chi connectivity index (χ4n) is 5.18. The van der Waals surface area contributed by atoms with Gasteiger partial charge in [0.15, 0.2) is 0 Å². The van der Waals surface area contributed by atoms with Crippen molar-refractivity contribution in [1.82, 2.24) is 4.57 Å². The Balaban J connectivity index is 2.26. The van der Waals surface area contributed by atoms with E-state index >= 15 is 0 Å². The van der Waals surface area contributed by atoms with Gasteiger partial charge in [-0.2, -0.15) is 0 Å². The Labute approximate surface area is 206 Å². The second-order valence-corrected chi connectivity index (χ2v) is 13.1. The largest absolute Gasteiger partial charge is 0.343 e. The molecule has 0 unspecified atom stereocenters. The normalized spacial score (nSPS) is 16.1. The van der Waals surface area contributed by atoms with Crippen molar-refractivity contribution in [3.05, 3.63) is 41.1 Å². The second kappa shape index (κ2) is 9.62. The number of hydrogen-bond acceptors (Lipinski definition) is 3. The Morgan fingerprint density at radius 2 is 1.59 bits per heavy atom. The molecule has 0 saturated heterocycles. The lowest BCUT2D eigenvalue weighted by Gasteiger charge is -2.29. The van der Waals surface area contributed by atoms with E-state index in [9.17, 15) is 13.2 Å². The van der Waals surface area contributed by atoms with E-state index in [1.807, 2.05) is 27.7 Å². The van der Waals surface area contributed by atoms with Gasteiger partial charge in [-0.05, 0) is 79.8 Å². The fourth-order valence-corrected chi connectivity index (χ4v) is 5.98. The van der Waals surface area contributed by atoms with Gasteiger partial charge in [-0.15, -0.1) is 0 Å². The standard InChI is InChI=1S/C28H42N2O3S/c1-8-26(31)28(6,7)23-15-21(14-22(16-23)27(3,4)5)24-17-25(34(29,32)33)19(2)30(24)18-20-12-10-9-11-13-20/h14-17,20H,8-13,18H2,1-7H3,(H2,29,32,33). The highest BCUT2D eigenvalue weighted by Gasteiger charge is 2.31. The number of aromatic nitrogens is 1. The van der Waals surface area contributed by atoms with Crippen LogP contribution < -0.4 is 5.14 Å². The molecule has 0 atom stereocenters. The molecule has 2 aromatic rings. The minimum absolute atomic E-state index is 0.130. The number of primary sulfonamides is 1. The molecule has 3 rings (SSSR count). The summed E-state index contributed by atoms with van der Waals surface area (Å²) in [6.07, 6.45) is 6.50. The lowest BCUT2D eigenvalue weighted by molar-refractivity contribution is -0.123. The van der Waals surface area contributed by atoms with Gasteiger partial charge in [0.1, 0.15) is 10.7 Å². The van der Waals surface area contributed by atoms with E-state index in [1.165, 1.54) is 19.3 Å². The SMILES string of the molecule is CCC(=O)C(C)(C)c1cc(-c2cc(S(N)(=O)=O)c(C)n2CC2CCCCC2)cc(C(C)(C)C)c1. The Kier molecular flexibility index (Phi) is 7.55. The molecular formula is C28H42N2O3S. The van der Waals surface area contributed by atoms with Crippen LogP contribution >= 0.6 is 0 Å². The van der Waals surface area contributed by atoms with Crippen molar-refractivity contribution >= 4 is 15.8 Å². The van der Waals surface area contributed by atoms with Gasteiger partial charge >= 0.3 is 0 Å². The third kappa shape index (κ3) is 5.49. The zero-order chi connectivity index (χ0) is 25.5. The summed E-state index contributed by atoms with van der Waals surface area (Å²) in [5.74, 6) is 0.707. The van der Waals surface area contributed by atoms with Crippen LogP contribution in [0.4, 0.5) is 0 Å². The smallest absolute Gasteiger partial charge is 0.239 e. The summed E-state index contributed by atoms with van der Waals surface area (Å²) in [5.41, 5.74) is 3.80. The van der Waals surface area contributed by atoms with Crippen molar-refractivity contribution in [1.29, 1.82) is 0 Å². The molecular weight excluding hydrogens is 444 g/mol.